The van der Waals surface area contributed by atoms with E-state index < -0.39 is 5.97 Å². The van der Waals surface area contributed by atoms with Gasteiger partial charge in [0.15, 0.2) is 0 Å². The van der Waals surface area contributed by atoms with Crippen LogP contribution in [0.1, 0.15) is 37.8 Å². The van der Waals surface area contributed by atoms with E-state index in [1.54, 1.807) is 0 Å². The van der Waals surface area contributed by atoms with Crippen molar-refractivity contribution in [2.75, 3.05) is 6.61 Å². The lowest BCUT2D eigenvalue weighted by molar-refractivity contribution is -0.136. The van der Waals surface area contributed by atoms with Crippen LogP contribution in [0.2, 0.25) is 0 Å². The Balaban J connectivity index is 2.49. The summed E-state index contributed by atoms with van der Waals surface area (Å²) in [6.07, 6.45) is 2.91. The quantitative estimate of drug-likeness (QED) is 0.451. The lowest BCUT2D eigenvalue weighted by atomic mass is 10.1. The van der Waals surface area contributed by atoms with Crippen molar-refractivity contribution in [3.8, 4) is 11.8 Å². The van der Waals surface area contributed by atoms with Crippen LogP contribution in [-0.2, 0) is 16.0 Å². The van der Waals surface area contributed by atoms with E-state index in [1.807, 2.05) is 24.3 Å². The first-order valence-corrected chi connectivity index (χ1v) is 6.04. The Bertz CT molecular complexity index is 407. The maximum Gasteiger partial charge on any atom is 0.384 e. The Morgan fingerprint density at radius 1 is 1.24 bits per heavy atom. The molecule has 0 aliphatic heterocycles. The van der Waals surface area contributed by atoms with Crippen LogP contribution < -0.4 is 0 Å². The van der Waals surface area contributed by atoms with E-state index >= 15 is 0 Å². The van der Waals surface area contributed by atoms with Crippen LogP contribution in [0.4, 0.5) is 0 Å². The molecule has 0 unspecified atom stereocenters. The molecule has 0 aliphatic carbocycles. The number of hydrogen-bond donors (Lipinski definition) is 0. The van der Waals surface area contributed by atoms with E-state index in [0.29, 0.717) is 6.61 Å². The van der Waals surface area contributed by atoms with Crippen molar-refractivity contribution in [3.63, 3.8) is 0 Å². The van der Waals surface area contributed by atoms with Gasteiger partial charge in [-0.15, -0.1) is 0 Å². The summed E-state index contributed by atoms with van der Waals surface area (Å²) in [4.78, 5) is 11.2. The predicted octanol–water partition coefficient (Wildman–Crippen LogP) is 2.94. The molecule has 2 heteroatoms. The second kappa shape index (κ2) is 7.51. The van der Waals surface area contributed by atoms with Crippen LogP contribution >= 0.6 is 0 Å². The average molecular weight is 230 g/mol. The Hall–Kier alpha value is -1.75. The molecule has 1 aromatic carbocycles. The minimum absolute atomic E-state index is 0.446. The van der Waals surface area contributed by atoms with E-state index in [-0.39, 0.29) is 0 Å². The number of benzene rings is 1. The van der Waals surface area contributed by atoms with E-state index in [4.69, 9.17) is 4.74 Å². The van der Waals surface area contributed by atoms with Gasteiger partial charge in [0.25, 0.3) is 0 Å². The Labute approximate surface area is 103 Å². The molecule has 0 saturated carbocycles. The van der Waals surface area contributed by atoms with E-state index in [2.05, 4.69) is 25.7 Å². The molecule has 2 nitrogen and oxygen atoms in total. The van der Waals surface area contributed by atoms with Crippen LogP contribution in [0.3, 0.4) is 0 Å². The number of rotatable bonds is 4. The number of carbonyl (C=O) groups excluding carboxylic acids is 1. The molecule has 90 valence electrons. The second-order valence-electron chi connectivity index (χ2n) is 3.79. The lowest BCUT2D eigenvalue weighted by Crippen LogP contribution is -2.02. The summed E-state index contributed by atoms with van der Waals surface area (Å²) in [6, 6.07) is 7.88. The van der Waals surface area contributed by atoms with Crippen molar-refractivity contribution in [2.24, 2.45) is 0 Å². The highest BCUT2D eigenvalue weighted by atomic mass is 16.5. The van der Waals surface area contributed by atoms with Crippen molar-refractivity contribution in [1.29, 1.82) is 0 Å². The summed E-state index contributed by atoms with van der Waals surface area (Å²) in [6.45, 7) is 4.61. The third-order valence-electron chi connectivity index (χ3n) is 2.40. The van der Waals surface area contributed by atoms with E-state index in [0.717, 1.165) is 24.8 Å². The fraction of sp³-hybridized carbons (Fsp3) is 0.400. The summed E-state index contributed by atoms with van der Waals surface area (Å²) in [5.74, 6) is 4.84. The number of carbonyl (C=O) groups is 1. The molecule has 0 aromatic heterocycles. The molecule has 0 bridgehead atoms. The minimum Gasteiger partial charge on any atom is -0.456 e. The van der Waals surface area contributed by atoms with Gasteiger partial charge in [-0.3, -0.25) is 0 Å². The largest absolute Gasteiger partial charge is 0.456 e. The normalized spacial score (nSPS) is 9.29. The highest BCUT2D eigenvalue weighted by Gasteiger charge is 1.95. The van der Waals surface area contributed by atoms with Gasteiger partial charge in [0.1, 0.15) is 0 Å². The van der Waals surface area contributed by atoms with E-state index in [9.17, 15) is 4.79 Å². The zero-order valence-electron chi connectivity index (χ0n) is 10.5. The molecular weight excluding hydrogens is 212 g/mol. The monoisotopic (exact) mass is 230 g/mol. The van der Waals surface area contributed by atoms with Crippen LogP contribution in [0.25, 0.3) is 0 Å². The highest BCUT2D eigenvalue weighted by Crippen LogP contribution is 2.03. The SMILES string of the molecule is CCCCOC(=O)C#Cc1ccc(CC)cc1. The zero-order valence-corrected chi connectivity index (χ0v) is 10.5. The summed E-state index contributed by atoms with van der Waals surface area (Å²) >= 11 is 0. The molecule has 0 aliphatic rings. The Morgan fingerprint density at radius 3 is 2.53 bits per heavy atom. The van der Waals surface area contributed by atoms with Gasteiger partial charge in [0.05, 0.1) is 6.61 Å². The molecule has 0 amide bonds. The van der Waals surface area contributed by atoms with Crippen molar-refractivity contribution in [3.05, 3.63) is 35.4 Å². The first kappa shape index (κ1) is 13.3. The van der Waals surface area contributed by atoms with Gasteiger partial charge in [-0.1, -0.05) is 38.3 Å². The average Bonchev–Trinajstić information content (AvgIpc) is 2.37. The highest BCUT2D eigenvalue weighted by molar-refractivity contribution is 5.89. The summed E-state index contributed by atoms with van der Waals surface area (Å²) in [5.41, 5.74) is 2.11. The first-order chi connectivity index (χ1) is 8.26. The molecule has 0 heterocycles. The fourth-order valence-corrected chi connectivity index (χ4v) is 1.29. The summed E-state index contributed by atoms with van der Waals surface area (Å²) in [7, 11) is 0. The van der Waals surface area contributed by atoms with E-state index in [1.165, 1.54) is 5.56 Å². The van der Waals surface area contributed by atoms with Crippen LogP contribution in [0, 0.1) is 11.8 Å². The molecule has 1 aromatic rings. The van der Waals surface area contributed by atoms with Gasteiger partial charge in [0.2, 0.25) is 0 Å². The molecule has 0 radical (unpaired) electrons. The molecule has 0 spiro atoms. The molecule has 0 N–H and O–H groups in total. The van der Waals surface area contributed by atoms with Crippen molar-refractivity contribution >= 4 is 5.97 Å². The smallest absolute Gasteiger partial charge is 0.384 e. The number of aryl methyl sites for hydroxylation is 1. The maximum atomic E-state index is 11.2. The number of unbranched alkanes of at least 4 members (excludes halogenated alkanes) is 1. The van der Waals surface area contributed by atoms with Crippen molar-refractivity contribution in [1.82, 2.24) is 0 Å². The van der Waals surface area contributed by atoms with Crippen molar-refractivity contribution in [2.45, 2.75) is 33.1 Å². The van der Waals surface area contributed by atoms with Gasteiger partial charge in [0, 0.05) is 11.5 Å². The second-order valence-corrected chi connectivity index (χ2v) is 3.79. The van der Waals surface area contributed by atoms with Gasteiger partial charge >= 0.3 is 5.97 Å². The van der Waals surface area contributed by atoms with Gasteiger partial charge in [-0.25, -0.2) is 4.79 Å². The molecule has 17 heavy (non-hydrogen) atoms. The van der Waals surface area contributed by atoms with Gasteiger partial charge in [-0.05, 0) is 30.5 Å². The standard InChI is InChI=1S/C15H18O2/c1-3-5-12-17-15(16)11-10-14-8-6-13(4-2)7-9-14/h6-9H,3-5,12H2,1-2H3. The Morgan fingerprint density at radius 2 is 1.94 bits per heavy atom. The number of ether oxygens (including phenoxy) is 1. The van der Waals surface area contributed by atoms with Crippen LogP contribution in [0.5, 0.6) is 0 Å². The fourth-order valence-electron chi connectivity index (χ4n) is 1.29. The first-order valence-electron chi connectivity index (χ1n) is 6.04. The molecule has 0 fully saturated rings. The molecule has 1 rings (SSSR count). The topological polar surface area (TPSA) is 26.3 Å². The lowest BCUT2D eigenvalue weighted by Gasteiger charge is -1.97. The van der Waals surface area contributed by atoms with Crippen molar-refractivity contribution < 1.29 is 9.53 Å². The molecule has 0 saturated heterocycles. The summed E-state index contributed by atoms with van der Waals surface area (Å²) < 4.78 is 4.94. The minimum atomic E-state index is -0.446. The number of esters is 1. The zero-order chi connectivity index (χ0) is 12.5. The molecular formula is C15H18O2. The maximum absolute atomic E-state index is 11.2. The van der Waals surface area contributed by atoms with Crippen LogP contribution in [0.15, 0.2) is 24.3 Å². The third kappa shape index (κ3) is 5.21. The number of hydrogen-bond acceptors (Lipinski definition) is 2. The van der Waals surface area contributed by atoms with Crippen LogP contribution in [-0.4, -0.2) is 12.6 Å². The third-order valence-corrected chi connectivity index (χ3v) is 2.40. The summed E-state index contributed by atoms with van der Waals surface area (Å²) in [5, 5.41) is 0. The Kier molecular flexibility index (Phi) is 5.88. The van der Waals surface area contributed by atoms with Gasteiger partial charge < -0.3 is 4.74 Å². The predicted molar refractivity (Wildman–Crippen MR) is 68.6 cm³/mol. The molecule has 0 atom stereocenters. The van der Waals surface area contributed by atoms with Gasteiger partial charge in [-0.2, -0.15) is 0 Å².